The number of rotatable bonds is 1. The van der Waals surface area contributed by atoms with E-state index >= 15 is 0 Å². The first-order valence-electron chi connectivity index (χ1n) is 7.78. The van der Waals surface area contributed by atoms with E-state index in [9.17, 15) is 4.39 Å². The predicted octanol–water partition coefficient (Wildman–Crippen LogP) is 4.41. The smallest absolute Gasteiger partial charge is 0.131 e. The molecule has 24 heavy (non-hydrogen) atoms. The largest absolute Gasteiger partial charge is 0.272 e. The second-order valence-corrected chi connectivity index (χ2v) is 6.40. The van der Waals surface area contributed by atoms with Gasteiger partial charge in [0.15, 0.2) is 0 Å². The van der Waals surface area contributed by atoms with Gasteiger partial charge in [0.1, 0.15) is 11.5 Å². The molecule has 0 aliphatic carbocycles. The van der Waals surface area contributed by atoms with Crippen LogP contribution < -0.4 is 0 Å². The Morgan fingerprint density at radius 3 is 2.54 bits per heavy atom. The summed E-state index contributed by atoms with van der Waals surface area (Å²) in [5.74, 6) is -0.285. The number of para-hydroxylation sites is 2. The Morgan fingerprint density at radius 1 is 1.00 bits per heavy atom. The molecule has 0 bridgehead atoms. The maximum atomic E-state index is 14.5. The van der Waals surface area contributed by atoms with Gasteiger partial charge >= 0.3 is 0 Å². The summed E-state index contributed by atoms with van der Waals surface area (Å²) in [7, 11) is 0. The first-order valence-corrected chi connectivity index (χ1v) is 7.78. The molecule has 0 radical (unpaired) electrons. The minimum atomic E-state index is -0.599. The lowest BCUT2D eigenvalue weighted by Gasteiger charge is -2.31. The third kappa shape index (κ3) is 2.14. The molecule has 2 aromatic carbocycles. The van der Waals surface area contributed by atoms with E-state index in [1.54, 1.807) is 12.3 Å². The molecule has 0 saturated carbocycles. The van der Waals surface area contributed by atoms with Crippen LogP contribution in [0.15, 0.2) is 60.2 Å². The van der Waals surface area contributed by atoms with Crippen LogP contribution in [0.3, 0.4) is 0 Å². The van der Waals surface area contributed by atoms with E-state index in [1.165, 1.54) is 6.07 Å². The third-order valence-electron chi connectivity index (χ3n) is 4.39. The fraction of sp³-hybridized carbons (Fsp3) is 0.150. The van der Waals surface area contributed by atoms with Crippen LogP contribution in [0.2, 0.25) is 0 Å². The summed E-state index contributed by atoms with van der Waals surface area (Å²) in [6.45, 7) is 7.92. The Balaban J connectivity index is 1.99. The number of aliphatic imine (C=N–C) groups is 1. The Morgan fingerprint density at radius 2 is 1.75 bits per heavy atom. The molecule has 0 atom stereocenters. The zero-order chi connectivity index (χ0) is 16.9. The third-order valence-corrected chi connectivity index (χ3v) is 4.39. The Labute approximate surface area is 139 Å². The summed E-state index contributed by atoms with van der Waals surface area (Å²) in [5.41, 5.74) is 4.21. The highest BCUT2D eigenvalue weighted by atomic mass is 19.1. The summed E-state index contributed by atoms with van der Waals surface area (Å²) in [6.07, 6.45) is 1.69. The number of halogens is 1. The van der Waals surface area contributed by atoms with Crippen molar-refractivity contribution in [1.29, 1.82) is 0 Å². The Bertz CT molecular complexity index is 1020. The zero-order valence-electron chi connectivity index (χ0n) is 13.5. The van der Waals surface area contributed by atoms with Crippen molar-refractivity contribution in [3.8, 4) is 0 Å². The van der Waals surface area contributed by atoms with Crippen LogP contribution in [0, 0.1) is 5.82 Å². The average molecular weight is 317 g/mol. The second-order valence-electron chi connectivity index (χ2n) is 6.40. The number of hydrogen-bond donors (Lipinski definition) is 0. The summed E-state index contributed by atoms with van der Waals surface area (Å²) >= 11 is 0. The van der Waals surface area contributed by atoms with Crippen LogP contribution in [-0.4, -0.2) is 21.2 Å². The number of nitrogens with zero attached hydrogens (tertiary/aromatic N) is 3. The molecule has 1 aliphatic heterocycles. The molecule has 4 rings (SSSR count). The quantitative estimate of drug-likeness (QED) is 0.666. The molecular weight excluding hydrogens is 301 g/mol. The van der Waals surface area contributed by atoms with Crippen molar-refractivity contribution in [1.82, 2.24) is 9.97 Å². The van der Waals surface area contributed by atoms with Crippen LogP contribution in [0.5, 0.6) is 0 Å². The van der Waals surface area contributed by atoms with E-state index < -0.39 is 5.54 Å². The lowest BCUT2D eigenvalue weighted by Crippen LogP contribution is -2.29. The minimum Gasteiger partial charge on any atom is -0.272 e. The summed E-state index contributed by atoms with van der Waals surface area (Å²) in [4.78, 5) is 13.9. The van der Waals surface area contributed by atoms with Gasteiger partial charge in [-0.15, -0.1) is 0 Å². The summed E-state index contributed by atoms with van der Waals surface area (Å²) in [5, 5.41) is 0. The molecule has 0 amide bonds. The van der Waals surface area contributed by atoms with Gasteiger partial charge in [-0.1, -0.05) is 30.8 Å². The highest BCUT2D eigenvalue weighted by Crippen LogP contribution is 2.38. The molecule has 0 spiro atoms. The first-order chi connectivity index (χ1) is 11.5. The van der Waals surface area contributed by atoms with Crippen LogP contribution in [0.25, 0.3) is 16.6 Å². The van der Waals surface area contributed by atoms with Crippen LogP contribution in [0.4, 0.5) is 4.39 Å². The molecule has 0 saturated heterocycles. The van der Waals surface area contributed by atoms with Crippen molar-refractivity contribution in [2.45, 2.75) is 19.4 Å². The standard InChI is InChI=1S/C20H16FN3/c1-12-18-13(7-6-8-14(18)21)19(24-20(12,2)3)17-11-22-15-9-4-5-10-16(15)23-17/h4-11H,1H2,2-3H3. The van der Waals surface area contributed by atoms with Gasteiger partial charge in [-0.2, -0.15) is 0 Å². The fourth-order valence-corrected chi connectivity index (χ4v) is 3.01. The number of benzene rings is 2. The zero-order valence-corrected chi connectivity index (χ0v) is 13.5. The van der Waals surface area contributed by atoms with Crippen LogP contribution in [-0.2, 0) is 0 Å². The Hall–Kier alpha value is -2.88. The van der Waals surface area contributed by atoms with Crippen LogP contribution >= 0.6 is 0 Å². The lowest BCUT2D eigenvalue weighted by atomic mass is 9.82. The normalized spacial score (nSPS) is 16.0. The Kier molecular flexibility index (Phi) is 3.10. The summed E-state index contributed by atoms with van der Waals surface area (Å²) < 4.78 is 14.5. The first kappa shape index (κ1) is 14.7. The van der Waals surface area contributed by atoms with Gasteiger partial charge in [-0.3, -0.25) is 9.98 Å². The fourth-order valence-electron chi connectivity index (χ4n) is 3.01. The molecule has 3 nitrogen and oxygen atoms in total. The lowest BCUT2D eigenvalue weighted by molar-refractivity contribution is 0.608. The van der Waals surface area contributed by atoms with E-state index in [0.29, 0.717) is 28.1 Å². The summed E-state index contributed by atoms with van der Waals surface area (Å²) in [6, 6.07) is 12.7. The van der Waals surface area contributed by atoms with Gasteiger partial charge in [0.05, 0.1) is 28.5 Å². The van der Waals surface area contributed by atoms with Gasteiger partial charge in [0, 0.05) is 11.1 Å². The van der Waals surface area contributed by atoms with Crippen molar-refractivity contribution < 1.29 is 4.39 Å². The molecule has 0 fully saturated rings. The van der Waals surface area contributed by atoms with Crippen LogP contribution in [0.1, 0.15) is 30.7 Å². The van der Waals surface area contributed by atoms with E-state index in [2.05, 4.69) is 16.5 Å². The van der Waals surface area contributed by atoms with E-state index in [1.807, 2.05) is 44.2 Å². The molecule has 1 aliphatic rings. The van der Waals surface area contributed by atoms with Gasteiger partial charge in [-0.25, -0.2) is 9.37 Å². The molecule has 2 heterocycles. The monoisotopic (exact) mass is 317 g/mol. The second kappa shape index (κ2) is 5.06. The van der Waals surface area contributed by atoms with E-state index in [-0.39, 0.29) is 5.82 Å². The highest BCUT2D eigenvalue weighted by Gasteiger charge is 2.33. The molecule has 118 valence electrons. The molecular formula is C20H16FN3. The SMILES string of the molecule is C=C1c2c(F)cccc2C(c2cnc3ccccc3n2)=NC1(C)C. The number of fused-ring (bicyclic) bond motifs is 2. The van der Waals surface area contributed by atoms with E-state index in [4.69, 9.17) is 4.99 Å². The topological polar surface area (TPSA) is 38.1 Å². The van der Waals surface area contributed by atoms with E-state index in [0.717, 1.165) is 11.0 Å². The highest BCUT2D eigenvalue weighted by molar-refractivity contribution is 6.17. The average Bonchev–Trinajstić information content (AvgIpc) is 2.58. The van der Waals surface area contributed by atoms with Gasteiger partial charge < -0.3 is 0 Å². The maximum absolute atomic E-state index is 14.5. The van der Waals surface area contributed by atoms with Crippen molar-refractivity contribution >= 4 is 22.3 Å². The molecule has 3 aromatic rings. The number of hydrogen-bond acceptors (Lipinski definition) is 3. The van der Waals surface area contributed by atoms with Crippen molar-refractivity contribution in [2.75, 3.05) is 0 Å². The molecule has 4 heteroatoms. The molecule has 0 unspecified atom stereocenters. The molecule has 0 N–H and O–H groups in total. The van der Waals surface area contributed by atoms with Crippen molar-refractivity contribution in [3.63, 3.8) is 0 Å². The van der Waals surface area contributed by atoms with Gasteiger partial charge in [0.2, 0.25) is 0 Å². The van der Waals surface area contributed by atoms with Crippen molar-refractivity contribution in [3.05, 3.63) is 77.9 Å². The van der Waals surface area contributed by atoms with Gasteiger partial charge in [0.25, 0.3) is 0 Å². The predicted molar refractivity (Wildman–Crippen MR) is 94.7 cm³/mol. The number of aromatic nitrogens is 2. The minimum absolute atomic E-state index is 0.285. The van der Waals surface area contributed by atoms with Gasteiger partial charge in [-0.05, 0) is 37.6 Å². The molecule has 1 aromatic heterocycles. The maximum Gasteiger partial charge on any atom is 0.131 e. The van der Waals surface area contributed by atoms with Crippen molar-refractivity contribution in [2.24, 2.45) is 4.99 Å².